The molecule has 2 aromatic rings. The van der Waals surface area contributed by atoms with Crippen LogP contribution in [0.4, 0.5) is 0 Å². The topological polar surface area (TPSA) is 17.8 Å². The van der Waals surface area contributed by atoms with E-state index in [1.165, 1.54) is 33.3 Å². The zero-order valence-electron chi connectivity index (χ0n) is 12.9. The van der Waals surface area contributed by atoms with Crippen molar-refractivity contribution in [2.45, 2.75) is 53.9 Å². The molecule has 0 saturated heterocycles. The monoisotopic (exact) mass is 244 g/mol. The number of hydrogen-bond donors (Lipinski definition) is 0. The number of benzene rings is 1. The van der Waals surface area contributed by atoms with Gasteiger partial charge in [0.15, 0.2) is 0 Å². The first kappa shape index (κ1) is 13.1. The third kappa shape index (κ3) is 1.66. The first-order valence-electron chi connectivity index (χ1n) is 6.59. The van der Waals surface area contributed by atoms with Gasteiger partial charge in [0.25, 0.3) is 0 Å². The van der Waals surface area contributed by atoms with Gasteiger partial charge in [0.2, 0.25) is 0 Å². The summed E-state index contributed by atoms with van der Waals surface area (Å²) >= 11 is 0. The number of hydrogen-bond acceptors (Lipinski definition) is 1. The van der Waals surface area contributed by atoms with Crippen LogP contribution < -0.4 is 0 Å². The van der Waals surface area contributed by atoms with Crippen molar-refractivity contribution in [1.82, 2.24) is 9.55 Å². The van der Waals surface area contributed by atoms with E-state index >= 15 is 0 Å². The van der Waals surface area contributed by atoms with E-state index in [0.29, 0.717) is 0 Å². The number of rotatable bonds is 0. The molecule has 0 radical (unpaired) electrons. The molecule has 2 nitrogen and oxygen atoms in total. The Kier molecular flexibility index (Phi) is 2.80. The lowest BCUT2D eigenvalue weighted by atomic mass is 9.80. The van der Waals surface area contributed by atoms with Crippen molar-refractivity contribution in [3.63, 3.8) is 0 Å². The molecular formula is C16H24N2. The summed E-state index contributed by atoms with van der Waals surface area (Å²) in [6, 6.07) is 0. The van der Waals surface area contributed by atoms with Gasteiger partial charge in [-0.1, -0.05) is 20.8 Å². The molecule has 0 saturated carbocycles. The van der Waals surface area contributed by atoms with Crippen LogP contribution in [0.2, 0.25) is 0 Å². The Balaban J connectivity index is 3.09. The minimum atomic E-state index is 0.140. The molecule has 0 spiro atoms. The van der Waals surface area contributed by atoms with Crippen LogP contribution in [0.5, 0.6) is 0 Å². The van der Waals surface area contributed by atoms with Gasteiger partial charge in [0.05, 0.1) is 11.0 Å². The van der Waals surface area contributed by atoms with Gasteiger partial charge in [-0.3, -0.25) is 0 Å². The molecule has 1 aromatic heterocycles. The Hall–Kier alpha value is -1.31. The predicted octanol–water partition coefficient (Wildman–Crippen LogP) is 4.10. The fourth-order valence-corrected chi connectivity index (χ4v) is 2.90. The zero-order chi connectivity index (χ0) is 13.8. The Labute approximate surface area is 110 Å². The molecule has 0 unspecified atom stereocenters. The normalized spacial score (nSPS) is 12.4. The molecule has 0 N–H and O–H groups in total. The minimum absolute atomic E-state index is 0.140. The van der Waals surface area contributed by atoms with E-state index in [1.807, 2.05) is 0 Å². The summed E-state index contributed by atoms with van der Waals surface area (Å²) in [5.74, 6) is 1.09. The second kappa shape index (κ2) is 3.84. The van der Waals surface area contributed by atoms with Gasteiger partial charge in [-0.2, -0.15) is 0 Å². The Morgan fingerprint density at radius 3 is 1.94 bits per heavy atom. The summed E-state index contributed by atoms with van der Waals surface area (Å²) in [5.41, 5.74) is 8.16. The van der Waals surface area contributed by atoms with Crippen molar-refractivity contribution >= 4 is 11.0 Å². The molecule has 0 aliphatic rings. The van der Waals surface area contributed by atoms with Crippen molar-refractivity contribution < 1.29 is 0 Å². The molecule has 98 valence electrons. The van der Waals surface area contributed by atoms with Crippen LogP contribution in [0.1, 0.15) is 48.8 Å². The lowest BCUT2D eigenvalue weighted by Gasteiger charge is -2.25. The fraction of sp³-hybridized carbons (Fsp3) is 0.562. The lowest BCUT2D eigenvalue weighted by Crippen LogP contribution is -2.16. The summed E-state index contributed by atoms with van der Waals surface area (Å²) in [7, 11) is 2.12. The molecule has 1 heterocycles. The SMILES string of the molecule is Cc1c(C)c(C(C)(C)C)c2c(nc(C)n2C)c1C. The molecule has 0 aliphatic carbocycles. The Morgan fingerprint density at radius 2 is 1.44 bits per heavy atom. The molecule has 0 aliphatic heterocycles. The molecule has 2 rings (SSSR count). The van der Waals surface area contributed by atoms with Crippen LogP contribution in [-0.4, -0.2) is 9.55 Å². The molecule has 0 bridgehead atoms. The van der Waals surface area contributed by atoms with Crippen molar-refractivity contribution in [1.29, 1.82) is 0 Å². The van der Waals surface area contributed by atoms with Crippen LogP contribution >= 0.6 is 0 Å². The summed E-state index contributed by atoms with van der Waals surface area (Å²) < 4.78 is 2.23. The van der Waals surface area contributed by atoms with Crippen molar-refractivity contribution in [2.24, 2.45) is 7.05 Å². The zero-order valence-corrected chi connectivity index (χ0v) is 12.9. The second-order valence-corrected chi connectivity index (χ2v) is 6.42. The molecule has 2 heteroatoms. The van der Waals surface area contributed by atoms with Crippen LogP contribution in [-0.2, 0) is 12.5 Å². The Morgan fingerprint density at radius 1 is 0.889 bits per heavy atom. The van der Waals surface area contributed by atoms with Crippen LogP contribution in [0.15, 0.2) is 0 Å². The quantitative estimate of drug-likeness (QED) is 0.682. The third-order valence-electron chi connectivity index (χ3n) is 4.16. The first-order chi connectivity index (χ1) is 8.16. The average Bonchev–Trinajstić information content (AvgIpc) is 2.52. The highest BCUT2D eigenvalue weighted by atomic mass is 15.1. The van der Waals surface area contributed by atoms with Gasteiger partial charge in [0, 0.05) is 7.05 Å². The van der Waals surface area contributed by atoms with E-state index in [-0.39, 0.29) is 5.41 Å². The standard InChI is InChI=1S/C16H24N2/c1-9-10(2)13(16(5,6)7)15-14(11(9)3)17-12(4)18(15)8/h1-8H3. The average molecular weight is 244 g/mol. The van der Waals surface area contributed by atoms with E-state index in [2.05, 4.69) is 60.1 Å². The van der Waals surface area contributed by atoms with Crippen molar-refractivity contribution in [2.75, 3.05) is 0 Å². The van der Waals surface area contributed by atoms with Gasteiger partial charge in [-0.25, -0.2) is 4.98 Å². The number of imidazole rings is 1. The fourth-order valence-electron chi connectivity index (χ4n) is 2.90. The molecule has 18 heavy (non-hydrogen) atoms. The van der Waals surface area contributed by atoms with E-state index < -0.39 is 0 Å². The van der Waals surface area contributed by atoms with Gasteiger partial charge in [-0.15, -0.1) is 0 Å². The van der Waals surface area contributed by atoms with E-state index in [9.17, 15) is 0 Å². The molecule has 0 atom stereocenters. The lowest BCUT2D eigenvalue weighted by molar-refractivity contribution is 0.587. The van der Waals surface area contributed by atoms with Crippen LogP contribution in [0.25, 0.3) is 11.0 Å². The van der Waals surface area contributed by atoms with Crippen LogP contribution in [0.3, 0.4) is 0 Å². The predicted molar refractivity (Wildman–Crippen MR) is 78.4 cm³/mol. The van der Waals surface area contributed by atoms with Crippen molar-refractivity contribution in [3.8, 4) is 0 Å². The highest BCUT2D eigenvalue weighted by molar-refractivity contribution is 5.86. The Bertz CT molecular complexity index is 625. The van der Waals surface area contributed by atoms with E-state index in [1.54, 1.807) is 0 Å². The van der Waals surface area contributed by atoms with Gasteiger partial charge < -0.3 is 4.57 Å². The summed E-state index contributed by atoms with van der Waals surface area (Å²) in [5, 5.41) is 0. The molecule has 0 fully saturated rings. The van der Waals surface area contributed by atoms with Gasteiger partial charge in [0.1, 0.15) is 5.82 Å². The molecule has 1 aromatic carbocycles. The van der Waals surface area contributed by atoms with E-state index in [4.69, 9.17) is 4.98 Å². The maximum Gasteiger partial charge on any atom is 0.106 e. The van der Waals surface area contributed by atoms with Gasteiger partial charge >= 0.3 is 0 Å². The summed E-state index contributed by atoms with van der Waals surface area (Å²) in [6.07, 6.45) is 0. The highest BCUT2D eigenvalue weighted by Gasteiger charge is 2.25. The van der Waals surface area contributed by atoms with E-state index in [0.717, 1.165) is 5.82 Å². The summed E-state index contributed by atoms with van der Waals surface area (Å²) in [6.45, 7) is 15.6. The number of aryl methyl sites for hydroxylation is 3. The molecular weight excluding hydrogens is 220 g/mol. The van der Waals surface area contributed by atoms with Gasteiger partial charge in [-0.05, 0) is 55.4 Å². The molecule has 0 amide bonds. The summed E-state index contributed by atoms with van der Waals surface area (Å²) in [4.78, 5) is 4.75. The largest absolute Gasteiger partial charge is 0.331 e. The van der Waals surface area contributed by atoms with Crippen molar-refractivity contribution in [3.05, 3.63) is 28.1 Å². The minimum Gasteiger partial charge on any atom is -0.331 e. The number of nitrogens with zero attached hydrogens (tertiary/aromatic N) is 2. The number of aromatic nitrogens is 2. The number of fused-ring (bicyclic) bond motifs is 1. The third-order valence-corrected chi connectivity index (χ3v) is 4.16. The maximum atomic E-state index is 4.75. The highest BCUT2D eigenvalue weighted by Crippen LogP contribution is 2.36. The smallest absolute Gasteiger partial charge is 0.106 e. The first-order valence-corrected chi connectivity index (χ1v) is 6.59. The maximum absolute atomic E-state index is 4.75. The second-order valence-electron chi connectivity index (χ2n) is 6.42. The van der Waals surface area contributed by atoms with Crippen LogP contribution in [0, 0.1) is 27.7 Å².